The third-order valence-corrected chi connectivity index (χ3v) is 2.82. The van der Waals surface area contributed by atoms with Crippen LogP contribution in [0.15, 0.2) is 36.0 Å². The maximum atomic E-state index is 11.6. The van der Waals surface area contributed by atoms with E-state index < -0.39 is 11.9 Å². The fourth-order valence-corrected chi connectivity index (χ4v) is 1.65. The average molecular weight is 250 g/mol. The van der Waals surface area contributed by atoms with Gasteiger partial charge >= 0.3 is 11.9 Å². The summed E-state index contributed by atoms with van der Waals surface area (Å²) in [5.74, 6) is -1.30. The molecule has 18 heavy (non-hydrogen) atoms. The van der Waals surface area contributed by atoms with Crippen molar-refractivity contribution in [2.45, 2.75) is 25.7 Å². The van der Waals surface area contributed by atoms with Crippen LogP contribution in [-0.4, -0.2) is 25.7 Å². The normalized spacial score (nSPS) is 14.4. The summed E-state index contributed by atoms with van der Waals surface area (Å²) in [7, 11) is 1.22. The molecule has 0 heterocycles. The quantitative estimate of drug-likeness (QED) is 0.325. The number of rotatable bonds is 5. The van der Waals surface area contributed by atoms with Gasteiger partial charge in [0.15, 0.2) is 0 Å². The van der Waals surface area contributed by atoms with E-state index in [1.54, 1.807) is 0 Å². The molecule has 0 amide bonds. The molecule has 0 aromatic carbocycles. The summed E-state index contributed by atoms with van der Waals surface area (Å²) in [5, 5.41) is 0. The predicted octanol–water partition coefficient (Wildman–Crippen LogP) is 2.32. The van der Waals surface area contributed by atoms with Crippen molar-refractivity contribution in [1.29, 1.82) is 0 Å². The van der Waals surface area contributed by atoms with Crippen molar-refractivity contribution in [3.63, 3.8) is 0 Å². The maximum absolute atomic E-state index is 11.6. The summed E-state index contributed by atoms with van der Waals surface area (Å²) in [4.78, 5) is 22.8. The molecule has 4 heteroatoms. The van der Waals surface area contributed by atoms with Crippen molar-refractivity contribution in [3.05, 3.63) is 36.0 Å². The zero-order chi connectivity index (χ0) is 13.5. The van der Waals surface area contributed by atoms with Gasteiger partial charge in [-0.3, -0.25) is 0 Å². The Bertz CT molecular complexity index is 404. The summed E-state index contributed by atoms with van der Waals surface area (Å²) < 4.78 is 9.54. The molecule has 0 saturated carbocycles. The second kappa shape index (κ2) is 6.79. The minimum absolute atomic E-state index is 0.0572. The maximum Gasteiger partial charge on any atom is 0.338 e. The molecule has 0 aliphatic heterocycles. The fraction of sp³-hybridized carbons (Fsp3) is 0.429. The van der Waals surface area contributed by atoms with Gasteiger partial charge < -0.3 is 9.47 Å². The molecule has 0 radical (unpaired) electrons. The van der Waals surface area contributed by atoms with Gasteiger partial charge in [-0.25, -0.2) is 9.59 Å². The summed E-state index contributed by atoms with van der Waals surface area (Å²) in [5.41, 5.74) is 0.990. The van der Waals surface area contributed by atoms with Gasteiger partial charge in [-0.05, 0) is 31.3 Å². The molecule has 0 spiro atoms. The summed E-state index contributed by atoms with van der Waals surface area (Å²) >= 11 is 0. The number of carbonyl (C=O) groups is 2. The highest BCUT2D eigenvalue weighted by Gasteiger charge is 2.19. The molecular formula is C14H18O4. The van der Waals surface area contributed by atoms with Crippen LogP contribution in [0.2, 0.25) is 0 Å². The Kier molecular flexibility index (Phi) is 5.36. The van der Waals surface area contributed by atoms with Gasteiger partial charge in [-0.2, -0.15) is 0 Å². The van der Waals surface area contributed by atoms with Crippen LogP contribution in [-0.2, 0) is 19.1 Å². The number of methoxy groups -OCH3 is 1. The Balaban J connectivity index is 2.45. The first-order valence-corrected chi connectivity index (χ1v) is 5.87. The van der Waals surface area contributed by atoms with E-state index in [0.29, 0.717) is 0 Å². The third kappa shape index (κ3) is 3.87. The van der Waals surface area contributed by atoms with Crippen LogP contribution in [0.3, 0.4) is 0 Å². The first-order valence-electron chi connectivity index (χ1n) is 5.87. The van der Waals surface area contributed by atoms with E-state index in [1.807, 2.05) is 0 Å². The molecule has 0 saturated heterocycles. The molecule has 98 valence electrons. The highest BCUT2D eigenvalue weighted by Crippen LogP contribution is 2.18. The Labute approximate surface area is 107 Å². The molecule has 1 aliphatic carbocycles. The Morgan fingerprint density at radius 1 is 1.22 bits per heavy atom. The standard InChI is InChI=1S/C14H18O4/c1-10(13(15)17-3)11(2)14(16)18-9-12-7-5-4-6-8-12/h7H,1-2,4-6,8-9H2,3H3. The summed E-state index contributed by atoms with van der Waals surface area (Å²) in [6, 6.07) is 0. The van der Waals surface area contributed by atoms with Gasteiger partial charge in [0.25, 0.3) is 0 Å². The molecule has 1 aliphatic rings. The van der Waals surface area contributed by atoms with Crippen molar-refractivity contribution < 1.29 is 19.1 Å². The number of esters is 2. The molecule has 0 atom stereocenters. The number of hydrogen-bond donors (Lipinski definition) is 0. The van der Waals surface area contributed by atoms with Crippen molar-refractivity contribution in [1.82, 2.24) is 0 Å². The summed E-state index contributed by atoms with van der Waals surface area (Å²) in [6.45, 7) is 7.20. The SMILES string of the molecule is C=C(C(=C)C(=O)OCC1=CCCCC1)C(=O)OC. The van der Waals surface area contributed by atoms with Crippen LogP contribution in [0.1, 0.15) is 25.7 Å². The molecule has 0 unspecified atom stereocenters. The monoisotopic (exact) mass is 250 g/mol. The minimum Gasteiger partial charge on any atom is -0.465 e. The van der Waals surface area contributed by atoms with Crippen LogP contribution >= 0.6 is 0 Å². The number of carbonyl (C=O) groups excluding carboxylic acids is 2. The number of ether oxygens (including phenoxy) is 2. The van der Waals surface area contributed by atoms with Crippen molar-refractivity contribution in [2.75, 3.05) is 13.7 Å². The molecule has 0 fully saturated rings. The van der Waals surface area contributed by atoms with E-state index in [4.69, 9.17) is 4.74 Å². The third-order valence-electron chi connectivity index (χ3n) is 2.82. The Hall–Kier alpha value is -1.84. The molecule has 0 aromatic rings. The lowest BCUT2D eigenvalue weighted by Gasteiger charge is -2.13. The van der Waals surface area contributed by atoms with E-state index in [1.165, 1.54) is 13.5 Å². The number of allylic oxidation sites excluding steroid dienone is 1. The summed E-state index contributed by atoms with van der Waals surface area (Å²) in [6.07, 6.45) is 6.39. The van der Waals surface area contributed by atoms with Crippen molar-refractivity contribution in [3.8, 4) is 0 Å². The van der Waals surface area contributed by atoms with E-state index in [2.05, 4.69) is 24.0 Å². The van der Waals surface area contributed by atoms with Gasteiger partial charge in [-0.1, -0.05) is 19.2 Å². The zero-order valence-electron chi connectivity index (χ0n) is 10.7. The van der Waals surface area contributed by atoms with Gasteiger partial charge in [-0.15, -0.1) is 0 Å². The lowest BCUT2D eigenvalue weighted by atomic mass is 10.0. The van der Waals surface area contributed by atoms with Crippen LogP contribution in [0.4, 0.5) is 0 Å². The lowest BCUT2D eigenvalue weighted by molar-refractivity contribution is -0.140. The molecular weight excluding hydrogens is 232 g/mol. The Morgan fingerprint density at radius 2 is 1.89 bits per heavy atom. The van der Waals surface area contributed by atoms with Crippen molar-refractivity contribution in [2.24, 2.45) is 0 Å². The van der Waals surface area contributed by atoms with E-state index in [0.717, 1.165) is 24.8 Å². The number of hydrogen-bond acceptors (Lipinski definition) is 4. The van der Waals surface area contributed by atoms with Gasteiger partial charge in [0.1, 0.15) is 6.61 Å². The topological polar surface area (TPSA) is 52.6 Å². The molecule has 4 nitrogen and oxygen atoms in total. The molecule has 0 N–H and O–H groups in total. The van der Waals surface area contributed by atoms with Gasteiger partial charge in [0.2, 0.25) is 0 Å². The highest BCUT2D eigenvalue weighted by atomic mass is 16.5. The highest BCUT2D eigenvalue weighted by molar-refractivity contribution is 6.06. The Morgan fingerprint density at radius 3 is 2.44 bits per heavy atom. The molecule has 0 aromatic heterocycles. The van der Waals surface area contributed by atoms with Gasteiger partial charge in [0.05, 0.1) is 18.3 Å². The minimum atomic E-state index is -0.672. The van der Waals surface area contributed by atoms with Gasteiger partial charge in [0, 0.05) is 0 Å². The first kappa shape index (κ1) is 14.2. The van der Waals surface area contributed by atoms with Crippen LogP contribution in [0, 0.1) is 0 Å². The average Bonchev–Trinajstić information content (AvgIpc) is 2.43. The van der Waals surface area contributed by atoms with E-state index >= 15 is 0 Å². The second-order valence-corrected chi connectivity index (χ2v) is 4.13. The fourth-order valence-electron chi connectivity index (χ4n) is 1.65. The second-order valence-electron chi connectivity index (χ2n) is 4.13. The zero-order valence-corrected chi connectivity index (χ0v) is 10.7. The van der Waals surface area contributed by atoms with Crippen LogP contribution in [0.5, 0.6) is 0 Å². The predicted molar refractivity (Wildman–Crippen MR) is 67.8 cm³/mol. The van der Waals surface area contributed by atoms with Crippen LogP contribution < -0.4 is 0 Å². The smallest absolute Gasteiger partial charge is 0.338 e. The van der Waals surface area contributed by atoms with Crippen molar-refractivity contribution >= 4 is 11.9 Å². The van der Waals surface area contributed by atoms with E-state index in [-0.39, 0.29) is 17.8 Å². The van der Waals surface area contributed by atoms with E-state index in [9.17, 15) is 9.59 Å². The largest absolute Gasteiger partial charge is 0.465 e. The molecule has 0 bridgehead atoms. The molecule has 1 rings (SSSR count). The lowest BCUT2D eigenvalue weighted by Crippen LogP contribution is -2.16. The first-order chi connectivity index (χ1) is 8.56. The van der Waals surface area contributed by atoms with Crippen LogP contribution in [0.25, 0.3) is 0 Å².